The lowest BCUT2D eigenvalue weighted by molar-refractivity contribution is -0.166. The molecule has 0 amide bonds. The van der Waals surface area contributed by atoms with Gasteiger partial charge in [-0.25, -0.2) is 4.79 Å². The van der Waals surface area contributed by atoms with E-state index in [9.17, 15) is 4.79 Å². The second kappa shape index (κ2) is 8.37. The van der Waals surface area contributed by atoms with Crippen LogP contribution < -0.4 is 10.6 Å². The third-order valence-electron chi connectivity index (χ3n) is 7.60. The highest BCUT2D eigenvalue weighted by atomic mass is 16.4. The van der Waals surface area contributed by atoms with Crippen molar-refractivity contribution >= 4 is 11.7 Å². The average Bonchev–Trinajstić information content (AvgIpc) is 2.66. The highest BCUT2D eigenvalue weighted by Gasteiger charge is 2.66. The van der Waals surface area contributed by atoms with Crippen molar-refractivity contribution in [2.45, 2.75) is 73.1 Å². The molecule has 0 spiro atoms. The highest BCUT2D eigenvalue weighted by molar-refractivity contribution is 5.88. The second-order valence-corrected chi connectivity index (χ2v) is 10.8. The van der Waals surface area contributed by atoms with Crippen molar-refractivity contribution in [3.05, 3.63) is 41.0 Å². The van der Waals surface area contributed by atoms with Crippen molar-refractivity contribution in [3.63, 3.8) is 0 Å². The number of aromatic carboxylic acids is 1. The van der Waals surface area contributed by atoms with Crippen LogP contribution in [0.2, 0.25) is 0 Å². The Morgan fingerprint density at radius 1 is 1.07 bits per heavy atom. The summed E-state index contributed by atoms with van der Waals surface area (Å²) >= 11 is 0. The molecule has 4 aliphatic carbocycles. The largest absolute Gasteiger partial charge is 0.478 e. The number of carboxylic acids is 1. The minimum atomic E-state index is -0.879. The van der Waals surface area contributed by atoms with E-state index in [1.807, 2.05) is 12.1 Å². The van der Waals surface area contributed by atoms with Crippen molar-refractivity contribution in [1.29, 1.82) is 0 Å². The molecule has 0 heterocycles. The standard InChI is InChI=1S/C15H25N.C11H15NO2/c1-13(2)5-4-12(11(6-13)7-16)15-8-14(3,9-15)10-15;1-3-12(4-2)10-7-5-9(6-8-10)11(13)14/h4-10,16H2,1-3H3;5-8H,3-4H2,1-2H3,(H,13,14). The predicted octanol–water partition coefficient (Wildman–Crippen LogP) is 5.87. The maximum absolute atomic E-state index is 10.6. The lowest BCUT2D eigenvalue weighted by Gasteiger charge is -2.71. The fourth-order valence-electron chi connectivity index (χ4n) is 6.27. The first-order chi connectivity index (χ1) is 14.1. The molecule has 2 bridgehead atoms. The second-order valence-electron chi connectivity index (χ2n) is 10.8. The number of carbonyl (C=O) groups is 1. The molecule has 3 saturated carbocycles. The van der Waals surface area contributed by atoms with Gasteiger partial charge >= 0.3 is 5.97 Å². The van der Waals surface area contributed by atoms with E-state index in [2.05, 4.69) is 39.5 Å². The van der Waals surface area contributed by atoms with Gasteiger partial charge in [-0.2, -0.15) is 0 Å². The first-order valence-corrected chi connectivity index (χ1v) is 11.6. The van der Waals surface area contributed by atoms with Crippen LogP contribution in [0.25, 0.3) is 0 Å². The van der Waals surface area contributed by atoms with E-state index in [4.69, 9.17) is 10.8 Å². The topological polar surface area (TPSA) is 66.6 Å². The van der Waals surface area contributed by atoms with Gasteiger partial charge in [0.25, 0.3) is 0 Å². The SMILES string of the molecule is CC1(C)CCC(C23CC(C)(C2)C3)=C(CN)C1.CCN(CC)c1ccc(C(=O)O)cc1. The smallest absolute Gasteiger partial charge is 0.335 e. The number of rotatable bonds is 6. The number of nitrogens with two attached hydrogens (primary N) is 1. The van der Waals surface area contributed by atoms with E-state index in [0.717, 1.165) is 30.7 Å². The number of anilines is 1. The molecule has 5 rings (SSSR count). The van der Waals surface area contributed by atoms with Gasteiger partial charge in [0.1, 0.15) is 0 Å². The zero-order valence-corrected chi connectivity index (χ0v) is 19.6. The number of hydrogen-bond acceptors (Lipinski definition) is 3. The van der Waals surface area contributed by atoms with Crippen LogP contribution in [0.3, 0.4) is 0 Å². The molecule has 1 aromatic rings. The van der Waals surface area contributed by atoms with Gasteiger partial charge in [0.05, 0.1) is 5.56 Å². The zero-order valence-electron chi connectivity index (χ0n) is 19.6. The van der Waals surface area contributed by atoms with E-state index in [1.165, 1.54) is 38.5 Å². The van der Waals surface area contributed by atoms with Crippen molar-refractivity contribution in [1.82, 2.24) is 0 Å². The molecular weight excluding hydrogens is 372 g/mol. The van der Waals surface area contributed by atoms with Gasteiger partial charge in [-0.1, -0.05) is 31.9 Å². The number of hydrogen-bond donors (Lipinski definition) is 2. The number of carboxylic acid groups (broad SMARTS) is 1. The predicted molar refractivity (Wildman–Crippen MR) is 125 cm³/mol. The summed E-state index contributed by atoms with van der Waals surface area (Å²) < 4.78 is 0. The summed E-state index contributed by atoms with van der Waals surface area (Å²) in [7, 11) is 0. The van der Waals surface area contributed by atoms with Crippen molar-refractivity contribution in [2.24, 2.45) is 22.0 Å². The Balaban J connectivity index is 0.000000173. The number of allylic oxidation sites excluding steroid dienone is 1. The number of benzene rings is 1. The molecule has 4 heteroatoms. The summed E-state index contributed by atoms with van der Waals surface area (Å²) in [5.74, 6) is -0.879. The summed E-state index contributed by atoms with van der Waals surface area (Å²) in [5.41, 5.74) is 12.6. The summed E-state index contributed by atoms with van der Waals surface area (Å²) in [5, 5.41) is 8.72. The first-order valence-electron chi connectivity index (χ1n) is 11.6. The van der Waals surface area contributed by atoms with Crippen molar-refractivity contribution in [3.8, 4) is 0 Å². The minimum Gasteiger partial charge on any atom is -0.478 e. The molecule has 166 valence electrons. The molecule has 0 saturated heterocycles. The normalized spacial score (nSPS) is 28.6. The molecule has 4 nitrogen and oxygen atoms in total. The zero-order chi connectivity index (χ0) is 22.2. The summed E-state index contributed by atoms with van der Waals surface area (Å²) in [6.45, 7) is 14.1. The Bertz CT molecular complexity index is 783. The quantitative estimate of drug-likeness (QED) is 0.573. The van der Waals surface area contributed by atoms with Crippen molar-refractivity contribution < 1.29 is 9.90 Å². The van der Waals surface area contributed by atoms with Crippen LogP contribution in [0.4, 0.5) is 5.69 Å². The van der Waals surface area contributed by atoms with Crippen LogP contribution in [0.15, 0.2) is 35.4 Å². The third kappa shape index (κ3) is 4.44. The highest BCUT2D eigenvalue weighted by Crippen LogP contribution is 2.77. The summed E-state index contributed by atoms with van der Waals surface area (Å²) in [6, 6.07) is 6.96. The molecule has 0 radical (unpaired) electrons. The molecular formula is C26H40N2O2. The van der Waals surface area contributed by atoms with E-state index < -0.39 is 5.97 Å². The van der Waals surface area contributed by atoms with Crippen LogP contribution in [0.1, 0.15) is 83.5 Å². The molecule has 3 fully saturated rings. The van der Waals surface area contributed by atoms with Crippen molar-refractivity contribution in [2.75, 3.05) is 24.5 Å². The van der Waals surface area contributed by atoms with Crippen LogP contribution >= 0.6 is 0 Å². The van der Waals surface area contributed by atoms with E-state index >= 15 is 0 Å². The van der Waals surface area contributed by atoms with Crippen LogP contribution in [-0.4, -0.2) is 30.7 Å². The van der Waals surface area contributed by atoms with E-state index in [-0.39, 0.29) is 0 Å². The molecule has 4 aliphatic rings. The molecule has 3 N–H and O–H groups in total. The van der Waals surface area contributed by atoms with Crippen LogP contribution in [0.5, 0.6) is 0 Å². The Labute approximate surface area is 182 Å². The Morgan fingerprint density at radius 3 is 2.07 bits per heavy atom. The van der Waals surface area contributed by atoms with Gasteiger partial charge in [-0.3, -0.25) is 0 Å². The average molecular weight is 413 g/mol. The third-order valence-corrected chi connectivity index (χ3v) is 7.60. The monoisotopic (exact) mass is 412 g/mol. The molecule has 0 aromatic heterocycles. The molecule has 0 unspecified atom stereocenters. The maximum atomic E-state index is 10.6. The molecule has 0 atom stereocenters. The number of nitrogens with zero attached hydrogens (tertiary/aromatic N) is 1. The fourth-order valence-corrected chi connectivity index (χ4v) is 6.27. The van der Waals surface area contributed by atoms with Crippen LogP contribution in [0, 0.1) is 16.2 Å². The van der Waals surface area contributed by atoms with E-state index in [0.29, 0.717) is 16.4 Å². The fraction of sp³-hybridized carbons (Fsp3) is 0.654. The Morgan fingerprint density at radius 2 is 1.63 bits per heavy atom. The maximum Gasteiger partial charge on any atom is 0.335 e. The first kappa shape index (κ1) is 22.9. The molecule has 1 aromatic carbocycles. The Hall–Kier alpha value is -1.81. The summed E-state index contributed by atoms with van der Waals surface area (Å²) in [6.07, 6.45) is 8.31. The minimum absolute atomic E-state index is 0.334. The van der Waals surface area contributed by atoms with Gasteiger partial charge in [0.2, 0.25) is 0 Å². The Kier molecular flexibility index (Phi) is 6.38. The molecule has 0 aliphatic heterocycles. The summed E-state index contributed by atoms with van der Waals surface area (Å²) in [4.78, 5) is 12.8. The van der Waals surface area contributed by atoms with Gasteiger partial charge in [-0.15, -0.1) is 0 Å². The van der Waals surface area contributed by atoms with Gasteiger partial charge in [-0.05, 0) is 92.9 Å². The van der Waals surface area contributed by atoms with Gasteiger partial charge in [0.15, 0.2) is 0 Å². The van der Waals surface area contributed by atoms with Crippen LogP contribution in [-0.2, 0) is 0 Å². The van der Waals surface area contributed by atoms with E-state index in [1.54, 1.807) is 23.3 Å². The lowest BCUT2D eigenvalue weighted by atomic mass is 9.33. The van der Waals surface area contributed by atoms with Gasteiger partial charge < -0.3 is 15.7 Å². The lowest BCUT2D eigenvalue weighted by Crippen LogP contribution is -2.61. The molecule has 30 heavy (non-hydrogen) atoms. The van der Waals surface area contributed by atoms with Gasteiger partial charge in [0, 0.05) is 25.3 Å².